The lowest BCUT2D eigenvalue weighted by Gasteiger charge is -2.07. The SMILES string of the molecule is CC(C)n1cnc2ccc(C=O)cc21. The van der Waals surface area contributed by atoms with Crippen molar-refractivity contribution in [3.8, 4) is 0 Å². The lowest BCUT2D eigenvalue weighted by molar-refractivity contribution is 0.112. The van der Waals surface area contributed by atoms with E-state index in [1.807, 2.05) is 18.5 Å². The van der Waals surface area contributed by atoms with E-state index < -0.39 is 0 Å². The molecule has 2 aromatic rings. The van der Waals surface area contributed by atoms with Crippen molar-refractivity contribution in [1.82, 2.24) is 9.55 Å². The van der Waals surface area contributed by atoms with Crippen molar-refractivity contribution in [2.45, 2.75) is 19.9 Å². The molecule has 1 aromatic heterocycles. The Kier molecular flexibility index (Phi) is 2.08. The highest BCUT2D eigenvalue weighted by Gasteiger charge is 2.05. The Morgan fingerprint density at radius 1 is 1.43 bits per heavy atom. The van der Waals surface area contributed by atoms with Gasteiger partial charge in [0.15, 0.2) is 0 Å². The van der Waals surface area contributed by atoms with Crippen LogP contribution in [0.1, 0.15) is 30.2 Å². The molecule has 0 saturated carbocycles. The molecule has 0 fully saturated rings. The number of nitrogens with zero attached hydrogens (tertiary/aromatic N) is 2. The summed E-state index contributed by atoms with van der Waals surface area (Å²) in [6.45, 7) is 4.18. The molecule has 0 amide bonds. The zero-order valence-corrected chi connectivity index (χ0v) is 8.27. The number of benzene rings is 1. The average molecular weight is 188 g/mol. The van der Waals surface area contributed by atoms with E-state index in [2.05, 4.69) is 23.4 Å². The van der Waals surface area contributed by atoms with Crippen LogP contribution in [0.15, 0.2) is 24.5 Å². The smallest absolute Gasteiger partial charge is 0.150 e. The number of imidazole rings is 1. The fraction of sp³-hybridized carbons (Fsp3) is 0.273. The van der Waals surface area contributed by atoms with E-state index in [1.165, 1.54) is 0 Å². The van der Waals surface area contributed by atoms with Gasteiger partial charge < -0.3 is 4.57 Å². The van der Waals surface area contributed by atoms with Gasteiger partial charge in [0.1, 0.15) is 6.29 Å². The van der Waals surface area contributed by atoms with Crippen LogP contribution in [0.4, 0.5) is 0 Å². The summed E-state index contributed by atoms with van der Waals surface area (Å²) in [5, 5.41) is 0. The third-order valence-electron chi connectivity index (χ3n) is 2.29. The number of carbonyl (C=O) groups excluding carboxylic acids is 1. The first-order valence-corrected chi connectivity index (χ1v) is 4.64. The number of hydrogen-bond acceptors (Lipinski definition) is 2. The third-order valence-corrected chi connectivity index (χ3v) is 2.29. The monoisotopic (exact) mass is 188 g/mol. The van der Waals surface area contributed by atoms with Crippen molar-refractivity contribution >= 4 is 17.3 Å². The van der Waals surface area contributed by atoms with Crippen LogP contribution in [-0.4, -0.2) is 15.8 Å². The van der Waals surface area contributed by atoms with Crippen LogP contribution in [0, 0.1) is 0 Å². The minimum Gasteiger partial charge on any atom is -0.328 e. The number of aldehydes is 1. The summed E-state index contributed by atoms with van der Waals surface area (Å²) in [6, 6.07) is 5.89. The van der Waals surface area contributed by atoms with Gasteiger partial charge in [-0.3, -0.25) is 4.79 Å². The van der Waals surface area contributed by atoms with Crippen molar-refractivity contribution in [2.75, 3.05) is 0 Å². The van der Waals surface area contributed by atoms with Crippen molar-refractivity contribution < 1.29 is 4.79 Å². The summed E-state index contributed by atoms with van der Waals surface area (Å²) >= 11 is 0. The van der Waals surface area contributed by atoms with E-state index in [0.29, 0.717) is 11.6 Å². The van der Waals surface area contributed by atoms with Gasteiger partial charge in [-0.1, -0.05) is 0 Å². The molecule has 72 valence electrons. The van der Waals surface area contributed by atoms with Crippen LogP contribution in [0.2, 0.25) is 0 Å². The molecule has 0 unspecified atom stereocenters. The molecule has 0 N–H and O–H groups in total. The van der Waals surface area contributed by atoms with Crippen molar-refractivity contribution in [2.24, 2.45) is 0 Å². The molecule has 1 aromatic carbocycles. The molecule has 0 saturated heterocycles. The first-order valence-electron chi connectivity index (χ1n) is 4.64. The Balaban J connectivity index is 2.69. The summed E-state index contributed by atoms with van der Waals surface area (Å²) in [6.07, 6.45) is 2.67. The predicted octanol–water partition coefficient (Wildman–Crippen LogP) is 2.43. The predicted molar refractivity (Wildman–Crippen MR) is 55.5 cm³/mol. The van der Waals surface area contributed by atoms with Gasteiger partial charge in [-0.15, -0.1) is 0 Å². The Labute approximate surface area is 82.4 Å². The maximum atomic E-state index is 10.6. The summed E-state index contributed by atoms with van der Waals surface area (Å²) in [5.41, 5.74) is 2.65. The van der Waals surface area contributed by atoms with Crippen LogP contribution < -0.4 is 0 Å². The lowest BCUT2D eigenvalue weighted by Crippen LogP contribution is -1.98. The molecule has 3 heteroatoms. The number of hydrogen-bond donors (Lipinski definition) is 0. The molecule has 0 aliphatic rings. The normalized spacial score (nSPS) is 11.1. The number of fused-ring (bicyclic) bond motifs is 1. The third kappa shape index (κ3) is 1.31. The van der Waals surface area contributed by atoms with E-state index in [9.17, 15) is 4.79 Å². The van der Waals surface area contributed by atoms with Crippen LogP contribution >= 0.6 is 0 Å². The van der Waals surface area contributed by atoms with E-state index in [-0.39, 0.29) is 0 Å². The Morgan fingerprint density at radius 3 is 2.86 bits per heavy atom. The molecular formula is C11H12N2O. The molecule has 0 aliphatic carbocycles. The molecule has 2 rings (SSSR count). The van der Waals surface area contributed by atoms with Gasteiger partial charge in [0.25, 0.3) is 0 Å². The number of carbonyl (C=O) groups is 1. The second kappa shape index (κ2) is 3.25. The summed E-state index contributed by atoms with van der Waals surface area (Å²) in [7, 11) is 0. The van der Waals surface area contributed by atoms with Crippen LogP contribution in [0.3, 0.4) is 0 Å². The highest BCUT2D eigenvalue weighted by molar-refractivity contribution is 5.85. The Bertz CT molecular complexity index is 471. The van der Waals surface area contributed by atoms with Gasteiger partial charge in [-0.2, -0.15) is 0 Å². The van der Waals surface area contributed by atoms with E-state index in [4.69, 9.17) is 0 Å². The summed E-state index contributed by atoms with van der Waals surface area (Å²) < 4.78 is 2.06. The first-order chi connectivity index (χ1) is 6.72. The first kappa shape index (κ1) is 8.94. The van der Waals surface area contributed by atoms with Gasteiger partial charge >= 0.3 is 0 Å². The van der Waals surface area contributed by atoms with E-state index >= 15 is 0 Å². The van der Waals surface area contributed by atoms with Gasteiger partial charge in [0, 0.05) is 11.6 Å². The number of rotatable bonds is 2. The fourth-order valence-electron chi connectivity index (χ4n) is 1.53. The molecular weight excluding hydrogens is 176 g/mol. The molecule has 0 radical (unpaired) electrons. The molecule has 0 bridgehead atoms. The number of aromatic nitrogens is 2. The van der Waals surface area contributed by atoms with Crippen molar-refractivity contribution in [1.29, 1.82) is 0 Å². The topological polar surface area (TPSA) is 34.9 Å². The zero-order chi connectivity index (χ0) is 10.1. The highest BCUT2D eigenvalue weighted by atomic mass is 16.1. The molecule has 0 atom stereocenters. The molecule has 0 aliphatic heterocycles. The van der Waals surface area contributed by atoms with Gasteiger partial charge in [-0.25, -0.2) is 4.98 Å². The summed E-state index contributed by atoms with van der Waals surface area (Å²) in [5.74, 6) is 0. The largest absolute Gasteiger partial charge is 0.328 e. The van der Waals surface area contributed by atoms with Gasteiger partial charge in [0.2, 0.25) is 0 Å². The van der Waals surface area contributed by atoms with E-state index in [1.54, 1.807) is 6.07 Å². The zero-order valence-electron chi connectivity index (χ0n) is 8.27. The maximum absolute atomic E-state index is 10.6. The fourth-order valence-corrected chi connectivity index (χ4v) is 1.53. The standard InChI is InChI=1S/C11H12N2O/c1-8(2)13-7-12-10-4-3-9(6-14)5-11(10)13/h3-8H,1-2H3. The minimum atomic E-state index is 0.363. The Morgan fingerprint density at radius 2 is 2.21 bits per heavy atom. The second-order valence-corrected chi connectivity index (χ2v) is 3.61. The quantitative estimate of drug-likeness (QED) is 0.678. The van der Waals surface area contributed by atoms with Crippen LogP contribution in [-0.2, 0) is 0 Å². The van der Waals surface area contributed by atoms with Crippen LogP contribution in [0.25, 0.3) is 11.0 Å². The minimum absolute atomic E-state index is 0.363. The van der Waals surface area contributed by atoms with Crippen molar-refractivity contribution in [3.63, 3.8) is 0 Å². The molecule has 3 nitrogen and oxygen atoms in total. The van der Waals surface area contributed by atoms with Gasteiger partial charge in [0.05, 0.1) is 17.4 Å². The second-order valence-electron chi connectivity index (χ2n) is 3.61. The van der Waals surface area contributed by atoms with Crippen molar-refractivity contribution in [3.05, 3.63) is 30.1 Å². The highest BCUT2D eigenvalue weighted by Crippen LogP contribution is 2.18. The lowest BCUT2D eigenvalue weighted by atomic mass is 10.2. The molecule has 14 heavy (non-hydrogen) atoms. The summed E-state index contributed by atoms with van der Waals surface area (Å²) in [4.78, 5) is 14.9. The Hall–Kier alpha value is -1.64. The van der Waals surface area contributed by atoms with E-state index in [0.717, 1.165) is 17.3 Å². The average Bonchev–Trinajstić information content (AvgIpc) is 2.59. The maximum Gasteiger partial charge on any atom is 0.150 e. The van der Waals surface area contributed by atoms with Crippen LogP contribution in [0.5, 0.6) is 0 Å². The molecule has 1 heterocycles. The van der Waals surface area contributed by atoms with Gasteiger partial charge in [-0.05, 0) is 32.0 Å². The molecule has 0 spiro atoms.